The molecule has 0 bridgehead atoms. The van der Waals surface area contributed by atoms with Crippen molar-refractivity contribution in [2.75, 3.05) is 4.90 Å². The van der Waals surface area contributed by atoms with E-state index >= 15 is 0 Å². The molecular weight excluding hydrogens is 278 g/mol. The Balaban J connectivity index is 2.06. The molecular formula is C14H12ClN3O2. The molecule has 2 heterocycles. The van der Waals surface area contributed by atoms with E-state index in [0.717, 1.165) is 23.5 Å². The molecule has 1 aliphatic heterocycles. The summed E-state index contributed by atoms with van der Waals surface area (Å²) in [4.78, 5) is 21.2. The first-order valence-electron chi connectivity index (χ1n) is 6.19. The highest BCUT2D eigenvalue weighted by Crippen LogP contribution is 2.38. The number of carboxylic acids is 1. The monoisotopic (exact) mass is 289 g/mol. The standard InChI is InChI=1S/C14H12ClN3O2/c1-8-4-10-5-9(14(19)20)2-3-11(10)18(8)13-6-12(15)16-7-17-13/h2-3,5-8H,4H2,1H3,(H,19,20)/t8-/m0/s1. The molecule has 1 aliphatic rings. The van der Waals surface area contributed by atoms with E-state index in [1.807, 2.05) is 6.07 Å². The lowest BCUT2D eigenvalue weighted by molar-refractivity contribution is 0.0697. The fourth-order valence-electron chi connectivity index (χ4n) is 2.57. The summed E-state index contributed by atoms with van der Waals surface area (Å²) in [5.41, 5.74) is 2.28. The zero-order chi connectivity index (χ0) is 14.3. The van der Waals surface area contributed by atoms with Crippen molar-refractivity contribution in [2.24, 2.45) is 0 Å². The van der Waals surface area contributed by atoms with Crippen LogP contribution >= 0.6 is 11.6 Å². The molecule has 3 rings (SSSR count). The molecule has 0 aliphatic carbocycles. The van der Waals surface area contributed by atoms with Crippen molar-refractivity contribution < 1.29 is 9.90 Å². The van der Waals surface area contributed by atoms with Crippen molar-refractivity contribution >= 4 is 29.1 Å². The zero-order valence-corrected chi connectivity index (χ0v) is 11.5. The fraction of sp³-hybridized carbons (Fsp3) is 0.214. The Labute approximate surface area is 120 Å². The highest BCUT2D eigenvalue weighted by molar-refractivity contribution is 6.29. The van der Waals surface area contributed by atoms with Crippen molar-refractivity contribution in [3.05, 3.63) is 46.9 Å². The molecule has 0 radical (unpaired) electrons. The summed E-state index contributed by atoms with van der Waals surface area (Å²) in [6, 6.07) is 7.04. The Morgan fingerprint density at radius 2 is 2.20 bits per heavy atom. The van der Waals surface area contributed by atoms with Gasteiger partial charge >= 0.3 is 5.97 Å². The lowest BCUT2D eigenvalue weighted by atomic mass is 10.1. The molecule has 0 fully saturated rings. The number of hydrogen-bond acceptors (Lipinski definition) is 4. The molecule has 2 aromatic rings. The minimum Gasteiger partial charge on any atom is -0.478 e. The van der Waals surface area contributed by atoms with Gasteiger partial charge in [0.25, 0.3) is 0 Å². The molecule has 0 unspecified atom stereocenters. The van der Waals surface area contributed by atoms with E-state index in [1.54, 1.807) is 18.2 Å². The zero-order valence-electron chi connectivity index (χ0n) is 10.7. The van der Waals surface area contributed by atoms with E-state index in [-0.39, 0.29) is 6.04 Å². The normalized spacial score (nSPS) is 17.1. The maximum atomic E-state index is 11.0. The van der Waals surface area contributed by atoms with Crippen LogP contribution in [0.15, 0.2) is 30.6 Å². The van der Waals surface area contributed by atoms with E-state index in [4.69, 9.17) is 16.7 Å². The third-order valence-electron chi connectivity index (χ3n) is 3.41. The van der Waals surface area contributed by atoms with E-state index in [1.165, 1.54) is 6.33 Å². The van der Waals surface area contributed by atoms with Gasteiger partial charge in [-0.25, -0.2) is 14.8 Å². The van der Waals surface area contributed by atoms with Crippen molar-refractivity contribution in [3.8, 4) is 0 Å². The van der Waals surface area contributed by atoms with Gasteiger partial charge in [-0.3, -0.25) is 0 Å². The SMILES string of the molecule is C[C@H]1Cc2cc(C(=O)O)ccc2N1c1cc(Cl)ncn1. The summed E-state index contributed by atoms with van der Waals surface area (Å²) >= 11 is 5.91. The number of hydrogen-bond donors (Lipinski definition) is 1. The molecule has 20 heavy (non-hydrogen) atoms. The highest BCUT2D eigenvalue weighted by Gasteiger charge is 2.28. The number of aromatic carboxylic acids is 1. The molecule has 1 aromatic heterocycles. The van der Waals surface area contributed by atoms with Gasteiger partial charge in [-0.2, -0.15) is 0 Å². The number of aromatic nitrogens is 2. The fourth-order valence-corrected chi connectivity index (χ4v) is 2.71. The van der Waals surface area contributed by atoms with Crippen LogP contribution in [0.3, 0.4) is 0 Å². The highest BCUT2D eigenvalue weighted by atomic mass is 35.5. The van der Waals surface area contributed by atoms with Crippen LogP contribution in [0.4, 0.5) is 11.5 Å². The van der Waals surface area contributed by atoms with E-state index in [9.17, 15) is 4.79 Å². The number of carbonyl (C=O) groups is 1. The van der Waals surface area contributed by atoms with Gasteiger partial charge in [0.2, 0.25) is 0 Å². The molecule has 1 atom stereocenters. The maximum absolute atomic E-state index is 11.0. The largest absolute Gasteiger partial charge is 0.478 e. The summed E-state index contributed by atoms with van der Waals surface area (Å²) in [7, 11) is 0. The second kappa shape index (κ2) is 4.76. The van der Waals surface area contributed by atoms with E-state index in [0.29, 0.717) is 10.7 Å². The summed E-state index contributed by atoms with van der Waals surface area (Å²) in [6.45, 7) is 2.07. The second-order valence-electron chi connectivity index (χ2n) is 4.77. The summed E-state index contributed by atoms with van der Waals surface area (Å²) in [5, 5.41) is 9.44. The smallest absolute Gasteiger partial charge is 0.335 e. The topological polar surface area (TPSA) is 66.3 Å². The van der Waals surface area contributed by atoms with Crippen LogP contribution < -0.4 is 4.90 Å². The number of carboxylic acid groups (broad SMARTS) is 1. The Kier molecular flexibility index (Phi) is 3.06. The lowest BCUT2D eigenvalue weighted by Gasteiger charge is -2.23. The first-order chi connectivity index (χ1) is 9.56. The number of benzene rings is 1. The molecule has 0 spiro atoms. The second-order valence-corrected chi connectivity index (χ2v) is 5.16. The van der Waals surface area contributed by atoms with Crippen molar-refractivity contribution in [3.63, 3.8) is 0 Å². The van der Waals surface area contributed by atoms with Gasteiger partial charge in [-0.1, -0.05) is 11.6 Å². The van der Waals surface area contributed by atoms with Gasteiger partial charge in [0.15, 0.2) is 0 Å². The minimum atomic E-state index is -0.913. The van der Waals surface area contributed by atoms with Crippen LogP contribution in [0.2, 0.25) is 5.15 Å². The first kappa shape index (κ1) is 12.9. The molecule has 0 saturated carbocycles. The molecule has 6 heteroatoms. The predicted octanol–water partition coefficient (Wildman–Crippen LogP) is 2.91. The quantitative estimate of drug-likeness (QED) is 0.861. The van der Waals surface area contributed by atoms with Crippen LogP contribution in [0.5, 0.6) is 0 Å². The van der Waals surface area contributed by atoms with E-state index in [2.05, 4.69) is 21.8 Å². The third-order valence-corrected chi connectivity index (χ3v) is 3.61. The Morgan fingerprint density at radius 1 is 1.40 bits per heavy atom. The number of halogens is 1. The molecule has 102 valence electrons. The van der Waals surface area contributed by atoms with Crippen LogP contribution in [0.25, 0.3) is 0 Å². The molecule has 0 amide bonds. The summed E-state index contributed by atoms with van der Waals surface area (Å²) in [6.07, 6.45) is 2.20. The van der Waals surface area contributed by atoms with Gasteiger partial charge < -0.3 is 10.0 Å². The van der Waals surface area contributed by atoms with Gasteiger partial charge in [0.05, 0.1) is 5.56 Å². The Bertz CT molecular complexity index is 690. The van der Waals surface area contributed by atoms with Crippen molar-refractivity contribution in [2.45, 2.75) is 19.4 Å². The van der Waals surface area contributed by atoms with Crippen molar-refractivity contribution in [1.82, 2.24) is 9.97 Å². The van der Waals surface area contributed by atoms with Gasteiger partial charge in [0.1, 0.15) is 17.3 Å². The van der Waals surface area contributed by atoms with Gasteiger partial charge in [0, 0.05) is 17.8 Å². The van der Waals surface area contributed by atoms with Gasteiger partial charge in [-0.05, 0) is 37.1 Å². The predicted molar refractivity (Wildman–Crippen MR) is 75.7 cm³/mol. The average molecular weight is 290 g/mol. The van der Waals surface area contributed by atoms with Crippen molar-refractivity contribution in [1.29, 1.82) is 0 Å². The molecule has 5 nitrogen and oxygen atoms in total. The van der Waals surface area contributed by atoms with Crippen LogP contribution in [0, 0.1) is 0 Å². The van der Waals surface area contributed by atoms with Crippen LogP contribution in [0.1, 0.15) is 22.8 Å². The number of fused-ring (bicyclic) bond motifs is 1. The molecule has 0 saturated heterocycles. The Hall–Kier alpha value is -2.14. The number of nitrogens with zero attached hydrogens (tertiary/aromatic N) is 3. The third kappa shape index (κ3) is 2.10. The van der Waals surface area contributed by atoms with Gasteiger partial charge in [-0.15, -0.1) is 0 Å². The number of rotatable bonds is 2. The Morgan fingerprint density at radius 3 is 2.90 bits per heavy atom. The summed E-state index contributed by atoms with van der Waals surface area (Å²) in [5.74, 6) is -0.191. The van der Waals surface area contributed by atoms with E-state index < -0.39 is 5.97 Å². The molecule has 1 aromatic carbocycles. The average Bonchev–Trinajstić information content (AvgIpc) is 2.73. The minimum absolute atomic E-state index is 0.194. The number of anilines is 2. The maximum Gasteiger partial charge on any atom is 0.335 e. The van der Waals surface area contributed by atoms with Crippen LogP contribution in [-0.2, 0) is 6.42 Å². The van der Waals surface area contributed by atoms with Crippen LogP contribution in [-0.4, -0.2) is 27.1 Å². The lowest BCUT2D eigenvalue weighted by Crippen LogP contribution is -2.24. The molecule has 1 N–H and O–H groups in total. The first-order valence-corrected chi connectivity index (χ1v) is 6.57. The summed E-state index contributed by atoms with van der Waals surface area (Å²) < 4.78 is 0.